The van der Waals surface area contributed by atoms with Crippen LogP contribution in [0, 0.1) is 27.7 Å². The number of thiazole rings is 1. The van der Waals surface area contributed by atoms with Crippen LogP contribution in [-0.4, -0.2) is 9.97 Å². The number of aryl methyl sites for hydroxylation is 3. The SMILES string of the molecule is Cc1nc2nc(C)c(C)c(C)c2s1. The average Bonchev–Trinajstić information content (AvgIpc) is 2.42. The lowest BCUT2D eigenvalue weighted by Gasteiger charge is -2.02. The average molecular weight is 192 g/mol. The molecule has 2 nitrogen and oxygen atoms in total. The normalized spacial score (nSPS) is 11.1. The predicted octanol–water partition coefficient (Wildman–Crippen LogP) is 2.92. The van der Waals surface area contributed by atoms with Gasteiger partial charge >= 0.3 is 0 Å². The van der Waals surface area contributed by atoms with Gasteiger partial charge in [-0.1, -0.05) is 0 Å². The molecule has 0 fully saturated rings. The highest BCUT2D eigenvalue weighted by Gasteiger charge is 2.08. The van der Waals surface area contributed by atoms with E-state index in [9.17, 15) is 0 Å². The van der Waals surface area contributed by atoms with Gasteiger partial charge in [0.1, 0.15) is 0 Å². The van der Waals surface area contributed by atoms with Crippen molar-refractivity contribution in [2.75, 3.05) is 0 Å². The Morgan fingerprint density at radius 3 is 2.31 bits per heavy atom. The minimum Gasteiger partial charge on any atom is -0.232 e. The van der Waals surface area contributed by atoms with E-state index in [1.165, 1.54) is 15.8 Å². The first-order valence-corrected chi connectivity index (χ1v) is 5.12. The summed E-state index contributed by atoms with van der Waals surface area (Å²) in [6, 6.07) is 0. The Kier molecular flexibility index (Phi) is 1.84. The third-order valence-electron chi connectivity index (χ3n) is 2.44. The Hall–Kier alpha value is -0.960. The molecule has 0 aliphatic rings. The highest BCUT2D eigenvalue weighted by molar-refractivity contribution is 7.18. The zero-order valence-electron chi connectivity index (χ0n) is 8.30. The van der Waals surface area contributed by atoms with Crippen LogP contribution in [0.25, 0.3) is 10.3 Å². The number of pyridine rings is 1. The van der Waals surface area contributed by atoms with Gasteiger partial charge in [0.25, 0.3) is 0 Å². The fourth-order valence-electron chi connectivity index (χ4n) is 1.42. The quantitative estimate of drug-likeness (QED) is 0.641. The topological polar surface area (TPSA) is 25.8 Å². The van der Waals surface area contributed by atoms with Crippen molar-refractivity contribution in [3.05, 3.63) is 21.8 Å². The molecule has 2 aromatic rings. The molecule has 0 atom stereocenters. The second-order valence-electron chi connectivity index (χ2n) is 3.33. The van der Waals surface area contributed by atoms with Crippen LogP contribution >= 0.6 is 11.3 Å². The minimum atomic E-state index is 0.906. The molecular weight excluding hydrogens is 180 g/mol. The molecule has 0 saturated carbocycles. The van der Waals surface area contributed by atoms with E-state index < -0.39 is 0 Å². The molecule has 0 spiro atoms. The molecule has 2 aromatic heterocycles. The largest absolute Gasteiger partial charge is 0.232 e. The molecule has 0 N–H and O–H groups in total. The highest BCUT2D eigenvalue weighted by Crippen LogP contribution is 2.26. The van der Waals surface area contributed by atoms with E-state index in [0.717, 1.165) is 16.3 Å². The molecular formula is C10H12N2S. The van der Waals surface area contributed by atoms with Crippen molar-refractivity contribution in [3.63, 3.8) is 0 Å². The van der Waals surface area contributed by atoms with Crippen molar-refractivity contribution < 1.29 is 0 Å². The van der Waals surface area contributed by atoms with Crippen molar-refractivity contribution in [1.29, 1.82) is 0 Å². The number of hydrogen-bond acceptors (Lipinski definition) is 3. The van der Waals surface area contributed by atoms with Crippen molar-refractivity contribution >= 4 is 21.7 Å². The van der Waals surface area contributed by atoms with Gasteiger partial charge in [-0.3, -0.25) is 0 Å². The number of rotatable bonds is 0. The van der Waals surface area contributed by atoms with Gasteiger partial charge < -0.3 is 0 Å². The van der Waals surface area contributed by atoms with Crippen LogP contribution < -0.4 is 0 Å². The number of aromatic nitrogens is 2. The Labute approximate surface area is 81.7 Å². The number of hydrogen-bond donors (Lipinski definition) is 0. The summed E-state index contributed by atoms with van der Waals surface area (Å²) in [6.45, 7) is 8.32. The molecule has 0 bridgehead atoms. The van der Waals surface area contributed by atoms with E-state index in [1.807, 2.05) is 13.8 Å². The Morgan fingerprint density at radius 1 is 0.923 bits per heavy atom. The molecule has 2 heterocycles. The van der Waals surface area contributed by atoms with Gasteiger partial charge in [-0.25, -0.2) is 9.97 Å². The first kappa shape index (κ1) is 8.63. The molecule has 0 saturated heterocycles. The van der Waals surface area contributed by atoms with Crippen LogP contribution in [0.3, 0.4) is 0 Å². The maximum absolute atomic E-state index is 4.46. The zero-order valence-corrected chi connectivity index (χ0v) is 9.12. The van der Waals surface area contributed by atoms with Crippen LogP contribution in [0.15, 0.2) is 0 Å². The third-order valence-corrected chi connectivity index (χ3v) is 3.52. The van der Waals surface area contributed by atoms with Crippen molar-refractivity contribution in [3.8, 4) is 0 Å². The lowest BCUT2D eigenvalue weighted by Crippen LogP contribution is -1.91. The third kappa shape index (κ3) is 1.23. The summed E-state index contributed by atoms with van der Waals surface area (Å²) in [5, 5.41) is 1.09. The van der Waals surface area contributed by atoms with Crippen molar-refractivity contribution in [1.82, 2.24) is 9.97 Å². The van der Waals surface area contributed by atoms with E-state index in [-0.39, 0.29) is 0 Å². The summed E-state index contributed by atoms with van der Waals surface area (Å²) < 4.78 is 1.24. The molecule has 68 valence electrons. The van der Waals surface area contributed by atoms with E-state index in [2.05, 4.69) is 23.8 Å². The van der Waals surface area contributed by atoms with Gasteiger partial charge in [-0.15, -0.1) is 11.3 Å². The molecule has 0 aromatic carbocycles. The predicted molar refractivity (Wildman–Crippen MR) is 56.4 cm³/mol. The smallest absolute Gasteiger partial charge is 0.171 e. The molecule has 2 rings (SSSR count). The van der Waals surface area contributed by atoms with E-state index in [0.29, 0.717) is 0 Å². The minimum absolute atomic E-state index is 0.906. The second-order valence-corrected chi connectivity index (χ2v) is 4.54. The van der Waals surface area contributed by atoms with Crippen molar-refractivity contribution in [2.45, 2.75) is 27.7 Å². The summed E-state index contributed by atoms with van der Waals surface area (Å²) in [6.07, 6.45) is 0. The van der Waals surface area contributed by atoms with E-state index in [4.69, 9.17) is 0 Å². The van der Waals surface area contributed by atoms with Crippen LogP contribution in [0.4, 0.5) is 0 Å². The van der Waals surface area contributed by atoms with Crippen molar-refractivity contribution in [2.24, 2.45) is 0 Å². The fraction of sp³-hybridized carbons (Fsp3) is 0.400. The zero-order chi connectivity index (χ0) is 9.59. The number of fused-ring (bicyclic) bond motifs is 1. The van der Waals surface area contributed by atoms with Crippen LogP contribution in [0.1, 0.15) is 21.8 Å². The Morgan fingerprint density at radius 2 is 1.62 bits per heavy atom. The van der Waals surface area contributed by atoms with Gasteiger partial charge in [-0.05, 0) is 38.8 Å². The second kappa shape index (κ2) is 2.77. The number of nitrogens with zero attached hydrogens (tertiary/aromatic N) is 2. The summed E-state index contributed by atoms with van der Waals surface area (Å²) >= 11 is 1.73. The Bertz CT molecular complexity index is 471. The summed E-state index contributed by atoms with van der Waals surface area (Å²) in [5.74, 6) is 0. The first-order chi connectivity index (χ1) is 6.09. The van der Waals surface area contributed by atoms with E-state index in [1.54, 1.807) is 11.3 Å². The molecule has 0 aliphatic carbocycles. The van der Waals surface area contributed by atoms with Gasteiger partial charge in [0.2, 0.25) is 0 Å². The lowest BCUT2D eigenvalue weighted by atomic mass is 10.1. The summed E-state index contributed by atoms with van der Waals surface area (Å²) in [5.41, 5.74) is 4.61. The Balaban J connectivity index is 2.92. The lowest BCUT2D eigenvalue weighted by molar-refractivity contribution is 1.14. The maximum Gasteiger partial charge on any atom is 0.171 e. The van der Waals surface area contributed by atoms with Gasteiger partial charge in [0.15, 0.2) is 5.65 Å². The van der Waals surface area contributed by atoms with Crippen LogP contribution in [0.5, 0.6) is 0 Å². The van der Waals surface area contributed by atoms with Crippen LogP contribution in [-0.2, 0) is 0 Å². The van der Waals surface area contributed by atoms with Gasteiger partial charge in [0, 0.05) is 5.69 Å². The molecule has 0 radical (unpaired) electrons. The van der Waals surface area contributed by atoms with Gasteiger partial charge in [-0.2, -0.15) is 0 Å². The van der Waals surface area contributed by atoms with Crippen LogP contribution in [0.2, 0.25) is 0 Å². The monoisotopic (exact) mass is 192 g/mol. The highest BCUT2D eigenvalue weighted by atomic mass is 32.1. The molecule has 13 heavy (non-hydrogen) atoms. The maximum atomic E-state index is 4.46. The fourth-order valence-corrected chi connectivity index (χ4v) is 2.34. The molecule has 0 aliphatic heterocycles. The first-order valence-electron chi connectivity index (χ1n) is 4.30. The summed E-state index contributed by atoms with van der Waals surface area (Å²) in [4.78, 5) is 8.84. The summed E-state index contributed by atoms with van der Waals surface area (Å²) in [7, 11) is 0. The molecule has 3 heteroatoms. The standard InChI is InChI=1S/C10H12N2S/c1-5-6(2)9-10(11-7(5)3)12-8(4)13-9/h1-4H3. The molecule has 0 unspecified atom stereocenters. The van der Waals surface area contributed by atoms with Gasteiger partial charge in [0.05, 0.1) is 9.71 Å². The molecule has 0 amide bonds. The van der Waals surface area contributed by atoms with E-state index >= 15 is 0 Å².